The zero-order valence-corrected chi connectivity index (χ0v) is 13.0. The molecule has 0 bridgehead atoms. The maximum absolute atomic E-state index is 12.4. The minimum absolute atomic E-state index is 0.0667. The summed E-state index contributed by atoms with van der Waals surface area (Å²) in [6.07, 6.45) is 1.55. The summed E-state index contributed by atoms with van der Waals surface area (Å²) in [6.45, 7) is 3.06. The van der Waals surface area contributed by atoms with E-state index < -0.39 is 16.0 Å². The Balaban J connectivity index is 2.33. The first-order valence-electron chi connectivity index (χ1n) is 6.55. The number of carbonyl (C=O) groups is 1. The molecule has 1 fully saturated rings. The number of aryl methyl sites for hydroxylation is 2. The molecule has 21 heavy (non-hydrogen) atoms. The lowest BCUT2D eigenvalue weighted by Gasteiger charge is -2.13. The second-order valence-electron chi connectivity index (χ2n) is 5.39. The van der Waals surface area contributed by atoms with Gasteiger partial charge in [-0.2, -0.15) is 0 Å². The van der Waals surface area contributed by atoms with Crippen LogP contribution in [0.15, 0.2) is 9.31 Å². The van der Waals surface area contributed by atoms with E-state index >= 15 is 0 Å². The fraction of sp³-hybridized carbons (Fsp3) is 0.615. The maximum atomic E-state index is 12.4. The predicted molar refractivity (Wildman–Crippen MR) is 73.5 cm³/mol. The third-order valence-electron chi connectivity index (χ3n) is 3.79. The topological polar surface area (TPSA) is 106 Å². The van der Waals surface area contributed by atoms with Crippen LogP contribution in [0, 0.1) is 19.3 Å². The number of ether oxygens (including phenoxy) is 1. The molecule has 1 aromatic rings. The number of hydrogen-bond donors (Lipinski definition) is 2. The SMILES string of the molecule is COC(=O)c1c(C)oc(C)c1S(=O)(=O)NCC1(CO)CC1. The van der Waals surface area contributed by atoms with Crippen LogP contribution in [0.1, 0.15) is 34.7 Å². The van der Waals surface area contributed by atoms with Crippen LogP contribution < -0.4 is 4.72 Å². The summed E-state index contributed by atoms with van der Waals surface area (Å²) in [5.41, 5.74) is -0.457. The number of furan rings is 1. The van der Waals surface area contributed by atoms with Gasteiger partial charge in [-0.25, -0.2) is 17.9 Å². The third-order valence-corrected chi connectivity index (χ3v) is 5.35. The van der Waals surface area contributed by atoms with Crippen molar-refractivity contribution in [2.75, 3.05) is 20.3 Å². The Hall–Kier alpha value is -1.38. The van der Waals surface area contributed by atoms with Crippen LogP contribution in [0.3, 0.4) is 0 Å². The van der Waals surface area contributed by atoms with Gasteiger partial charge in [-0.3, -0.25) is 0 Å². The summed E-state index contributed by atoms with van der Waals surface area (Å²) in [7, 11) is -2.74. The second-order valence-corrected chi connectivity index (χ2v) is 7.10. The molecule has 1 heterocycles. The number of aliphatic hydroxyl groups is 1. The van der Waals surface area contributed by atoms with E-state index in [1.54, 1.807) is 0 Å². The summed E-state index contributed by atoms with van der Waals surface area (Å²) in [6, 6.07) is 0. The maximum Gasteiger partial charge on any atom is 0.342 e. The van der Waals surface area contributed by atoms with Crippen molar-refractivity contribution in [3.63, 3.8) is 0 Å². The molecule has 0 radical (unpaired) electrons. The van der Waals surface area contributed by atoms with Crippen LogP contribution in [0.2, 0.25) is 0 Å². The molecular weight excluding hydrogens is 298 g/mol. The molecule has 2 N–H and O–H groups in total. The van der Waals surface area contributed by atoms with Gasteiger partial charge in [0.1, 0.15) is 22.0 Å². The molecule has 1 aliphatic carbocycles. The van der Waals surface area contributed by atoms with Crippen LogP contribution >= 0.6 is 0 Å². The zero-order chi connectivity index (χ0) is 15.8. The first-order valence-corrected chi connectivity index (χ1v) is 8.03. The van der Waals surface area contributed by atoms with E-state index in [2.05, 4.69) is 9.46 Å². The van der Waals surface area contributed by atoms with Crippen molar-refractivity contribution >= 4 is 16.0 Å². The molecule has 7 nitrogen and oxygen atoms in total. The molecule has 1 aromatic heterocycles. The highest BCUT2D eigenvalue weighted by molar-refractivity contribution is 7.89. The molecule has 2 rings (SSSR count). The second kappa shape index (κ2) is 5.43. The number of hydrogen-bond acceptors (Lipinski definition) is 6. The van der Waals surface area contributed by atoms with Gasteiger partial charge >= 0.3 is 5.97 Å². The molecule has 0 atom stereocenters. The molecular formula is C13H19NO6S. The van der Waals surface area contributed by atoms with E-state index in [0.717, 1.165) is 12.8 Å². The van der Waals surface area contributed by atoms with E-state index in [1.165, 1.54) is 21.0 Å². The van der Waals surface area contributed by atoms with Gasteiger partial charge in [0.2, 0.25) is 10.0 Å². The lowest BCUT2D eigenvalue weighted by atomic mass is 10.1. The number of carbonyl (C=O) groups excluding carboxylic acids is 1. The predicted octanol–water partition coefficient (Wildman–Crippen LogP) is 0.734. The first-order chi connectivity index (χ1) is 9.76. The van der Waals surface area contributed by atoms with Gasteiger partial charge in [0.25, 0.3) is 0 Å². The van der Waals surface area contributed by atoms with Crippen LogP contribution in [-0.2, 0) is 14.8 Å². The molecule has 1 aliphatic rings. The Morgan fingerprint density at radius 3 is 2.48 bits per heavy atom. The summed E-state index contributed by atoms with van der Waals surface area (Å²) in [5.74, 6) is -0.426. The number of aliphatic hydroxyl groups excluding tert-OH is 1. The van der Waals surface area contributed by atoms with Gasteiger partial charge in [-0.15, -0.1) is 0 Å². The van der Waals surface area contributed by atoms with E-state index in [-0.39, 0.29) is 40.5 Å². The van der Waals surface area contributed by atoms with Gasteiger partial charge in [0, 0.05) is 18.6 Å². The van der Waals surface area contributed by atoms with Crippen LogP contribution in [-0.4, -0.2) is 39.8 Å². The van der Waals surface area contributed by atoms with E-state index in [9.17, 15) is 18.3 Å². The van der Waals surface area contributed by atoms with Crippen LogP contribution in [0.25, 0.3) is 0 Å². The van der Waals surface area contributed by atoms with Crippen molar-refractivity contribution in [1.29, 1.82) is 0 Å². The first kappa shape index (κ1) is 16.0. The van der Waals surface area contributed by atoms with Crippen molar-refractivity contribution in [2.24, 2.45) is 5.41 Å². The van der Waals surface area contributed by atoms with Gasteiger partial charge in [0.05, 0.1) is 7.11 Å². The van der Waals surface area contributed by atoms with Crippen molar-refractivity contribution < 1.29 is 27.5 Å². The van der Waals surface area contributed by atoms with Crippen LogP contribution in [0.4, 0.5) is 0 Å². The molecule has 118 valence electrons. The number of sulfonamides is 1. The van der Waals surface area contributed by atoms with Crippen molar-refractivity contribution in [3.8, 4) is 0 Å². The van der Waals surface area contributed by atoms with E-state index in [4.69, 9.17) is 4.42 Å². The quantitative estimate of drug-likeness (QED) is 0.749. The van der Waals surface area contributed by atoms with Crippen molar-refractivity contribution in [2.45, 2.75) is 31.6 Å². The Morgan fingerprint density at radius 1 is 1.38 bits per heavy atom. The molecule has 0 unspecified atom stereocenters. The third kappa shape index (κ3) is 2.97. The monoisotopic (exact) mass is 317 g/mol. The summed E-state index contributed by atoms with van der Waals surface area (Å²) in [4.78, 5) is 11.6. The Bertz CT molecular complexity index is 656. The van der Waals surface area contributed by atoms with Gasteiger partial charge in [0.15, 0.2) is 0 Å². The zero-order valence-electron chi connectivity index (χ0n) is 12.2. The number of rotatable bonds is 6. The molecule has 1 saturated carbocycles. The number of esters is 1. The normalized spacial score (nSPS) is 16.8. The highest BCUT2D eigenvalue weighted by Gasteiger charge is 2.43. The Kier molecular flexibility index (Phi) is 4.14. The van der Waals surface area contributed by atoms with Gasteiger partial charge < -0.3 is 14.3 Å². The molecule has 0 saturated heterocycles. The summed E-state index contributed by atoms with van der Waals surface area (Å²) in [5, 5.41) is 9.24. The number of methoxy groups -OCH3 is 1. The molecule has 0 aliphatic heterocycles. The largest absolute Gasteiger partial charge is 0.465 e. The van der Waals surface area contributed by atoms with Crippen LogP contribution in [0.5, 0.6) is 0 Å². The van der Waals surface area contributed by atoms with Gasteiger partial charge in [-0.05, 0) is 26.7 Å². The average Bonchev–Trinajstić information content (AvgIpc) is 3.15. The minimum Gasteiger partial charge on any atom is -0.465 e. The Labute approximate surface area is 123 Å². The standard InChI is InChI=1S/C13H19NO6S/c1-8-10(12(16)19-3)11(9(2)20-8)21(17,18)14-6-13(7-15)4-5-13/h14-15H,4-7H2,1-3H3. The molecule has 8 heteroatoms. The summed E-state index contributed by atoms with van der Waals surface area (Å²) >= 11 is 0. The fourth-order valence-corrected chi connectivity index (χ4v) is 3.77. The Morgan fingerprint density at radius 2 is 2.00 bits per heavy atom. The minimum atomic E-state index is -3.91. The summed E-state index contributed by atoms with van der Waals surface area (Å²) < 4.78 is 37.2. The smallest absolute Gasteiger partial charge is 0.342 e. The van der Waals surface area contributed by atoms with Crippen molar-refractivity contribution in [3.05, 3.63) is 17.1 Å². The lowest BCUT2D eigenvalue weighted by molar-refractivity contribution is 0.0595. The molecule has 0 amide bonds. The highest BCUT2D eigenvalue weighted by Crippen LogP contribution is 2.44. The highest BCUT2D eigenvalue weighted by atomic mass is 32.2. The van der Waals surface area contributed by atoms with E-state index in [0.29, 0.717) is 0 Å². The lowest BCUT2D eigenvalue weighted by Crippen LogP contribution is -2.33. The van der Waals surface area contributed by atoms with Gasteiger partial charge in [-0.1, -0.05) is 0 Å². The fourth-order valence-electron chi connectivity index (χ4n) is 2.21. The number of nitrogens with one attached hydrogen (secondary N) is 1. The van der Waals surface area contributed by atoms with E-state index in [1.807, 2.05) is 0 Å². The average molecular weight is 317 g/mol. The molecule has 0 aromatic carbocycles. The molecule has 0 spiro atoms. The van der Waals surface area contributed by atoms with Crippen molar-refractivity contribution in [1.82, 2.24) is 4.72 Å².